The van der Waals surface area contributed by atoms with Gasteiger partial charge in [0.15, 0.2) is 0 Å². The maximum Gasteiger partial charge on any atom is 0.269 e. The van der Waals surface area contributed by atoms with E-state index in [0.29, 0.717) is 6.54 Å². The lowest BCUT2D eigenvalue weighted by Crippen LogP contribution is -2.39. The molecule has 0 saturated heterocycles. The molecule has 0 amide bonds. The average molecular weight is 264 g/mol. The van der Waals surface area contributed by atoms with Crippen LogP contribution in [0.25, 0.3) is 0 Å². The molecule has 1 atom stereocenters. The van der Waals surface area contributed by atoms with E-state index in [1.165, 1.54) is 6.07 Å². The number of non-ortho nitro benzene ring substituents is 1. The van der Waals surface area contributed by atoms with Gasteiger partial charge < -0.3 is 10.4 Å². The minimum Gasteiger partial charge on any atom is -0.389 e. The number of nitro groups is 1. The van der Waals surface area contributed by atoms with Crippen LogP contribution in [0.5, 0.6) is 0 Å². The van der Waals surface area contributed by atoms with E-state index in [0.717, 1.165) is 31.2 Å². The van der Waals surface area contributed by atoms with Gasteiger partial charge in [0.1, 0.15) is 0 Å². The van der Waals surface area contributed by atoms with E-state index in [1.807, 2.05) is 13.0 Å². The maximum absolute atomic E-state index is 10.7. The van der Waals surface area contributed by atoms with Gasteiger partial charge >= 0.3 is 0 Å². The van der Waals surface area contributed by atoms with Gasteiger partial charge in [-0.1, -0.05) is 25.0 Å². The Bertz CT molecular complexity index is 456. The van der Waals surface area contributed by atoms with Gasteiger partial charge in [0.05, 0.1) is 10.5 Å². The molecule has 0 heterocycles. The molecule has 1 saturated carbocycles. The summed E-state index contributed by atoms with van der Waals surface area (Å²) in [4.78, 5) is 10.4. The fourth-order valence-electron chi connectivity index (χ4n) is 2.58. The van der Waals surface area contributed by atoms with E-state index in [9.17, 15) is 15.2 Å². The molecule has 1 aliphatic carbocycles. The minimum absolute atomic E-state index is 0.00970. The number of nitro benzene ring substituents is 1. The summed E-state index contributed by atoms with van der Waals surface area (Å²) in [5.41, 5.74) is 0.371. The van der Waals surface area contributed by atoms with Gasteiger partial charge in [-0.2, -0.15) is 0 Å². The van der Waals surface area contributed by atoms with E-state index < -0.39 is 5.60 Å². The Balaban J connectivity index is 1.97. The Hall–Kier alpha value is -1.46. The molecule has 2 rings (SSSR count). The molecule has 0 aliphatic heterocycles. The van der Waals surface area contributed by atoms with Crippen molar-refractivity contribution in [2.24, 2.45) is 0 Å². The fraction of sp³-hybridized carbons (Fsp3) is 0.571. The van der Waals surface area contributed by atoms with Crippen molar-refractivity contribution in [1.29, 1.82) is 0 Å². The molecule has 0 spiro atoms. The van der Waals surface area contributed by atoms with Crippen LogP contribution < -0.4 is 5.32 Å². The van der Waals surface area contributed by atoms with Crippen molar-refractivity contribution < 1.29 is 10.0 Å². The zero-order valence-electron chi connectivity index (χ0n) is 11.1. The largest absolute Gasteiger partial charge is 0.389 e. The summed E-state index contributed by atoms with van der Waals surface area (Å²) in [6, 6.07) is 6.61. The van der Waals surface area contributed by atoms with Gasteiger partial charge in [0.25, 0.3) is 5.69 Å². The first-order valence-electron chi connectivity index (χ1n) is 6.70. The molecule has 104 valence electrons. The van der Waals surface area contributed by atoms with Crippen LogP contribution in [0.3, 0.4) is 0 Å². The first-order valence-corrected chi connectivity index (χ1v) is 6.70. The number of nitrogens with one attached hydrogen (secondary N) is 1. The Morgan fingerprint density at radius 3 is 2.79 bits per heavy atom. The zero-order chi connectivity index (χ0) is 13.9. The second-order valence-electron chi connectivity index (χ2n) is 5.39. The third kappa shape index (κ3) is 3.52. The summed E-state index contributed by atoms with van der Waals surface area (Å²) >= 11 is 0. The van der Waals surface area contributed by atoms with E-state index in [2.05, 4.69) is 5.32 Å². The molecular formula is C14H20N2O3. The molecule has 2 N–H and O–H groups in total. The molecule has 1 unspecified atom stereocenters. The van der Waals surface area contributed by atoms with Gasteiger partial charge in [-0.25, -0.2) is 0 Å². The molecule has 0 bridgehead atoms. The zero-order valence-corrected chi connectivity index (χ0v) is 11.1. The van der Waals surface area contributed by atoms with Crippen molar-refractivity contribution in [3.63, 3.8) is 0 Å². The van der Waals surface area contributed by atoms with Crippen LogP contribution in [0.15, 0.2) is 24.3 Å². The van der Waals surface area contributed by atoms with Crippen molar-refractivity contribution in [2.75, 3.05) is 6.54 Å². The Morgan fingerprint density at radius 2 is 2.16 bits per heavy atom. The number of hydrogen-bond donors (Lipinski definition) is 2. The highest BCUT2D eigenvalue weighted by atomic mass is 16.6. The summed E-state index contributed by atoms with van der Waals surface area (Å²) in [6.07, 6.45) is 3.82. The second-order valence-corrected chi connectivity index (χ2v) is 5.39. The first-order chi connectivity index (χ1) is 9.00. The molecule has 19 heavy (non-hydrogen) atoms. The fourth-order valence-corrected chi connectivity index (χ4v) is 2.58. The highest BCUT2D eigenvalue weighted by Crippen LogP contribution is 2.29. The monoisotopic (exact) mass is 264 g/mol. The molecule has 1 aromatic rings. The van der Waals surface area contributed by atoms with Crippen LogP contribution in [-0.4, -0.2) is 22.2 Å². The molecule has 5 nitrogen and oxygen atoms in total. The van der Waals surface area contributed by atoms with Crippen LogP contribution >= 0.6 is 0 Å². The normalized spacial score (nSPS) is 19.3. The first kappa shape index (κ1) is 14.0. The number of rotatable bonds is 5. The van der Waals surface area contributed by atoms with E-state index in [-0.39, 0.29) is 16.7 Å². The van der Waals surface area contributed by atoms with Crippen molar-refractivity contribution in [3.05, 3.63) is 39.9 Å². The van der Waals surface area contributed by atoms with Gasteiger partial charge in [0.2, 0.25) is 0 Å². The van der Waals surface area contributed by atoms with Crippen molar-refractivity contribution in [3.8, 4) is 0 Å². The predicted molar refractivity (Wildman–Crippen MR) is 72.9 cm³/mol. The lowest BCUT2D eigenvalue weighted by atomic mass is 10.0. The molecule has 1 aromatic carbocycles. The Morgan fingerprint density at radius 1 is 1.47 bits per heavy atom. The predicted octanol–water partition coefficient (Wildman–Crippen LogP) is 2.55. The van der Waals surface area contributed by atoms with E-state index in [4.69, 9.17) is 0 Å². The van der Waals surface area contributed by atoms with Crippen LogP contribution in [0.4, 0.5) is 5.69 Å². The lowest BCUT2D eigenvalue weighted by Gasteiger charge is -2.25. The summed E-state index contributed by atoms with van der Waals surface area (Å²) in [5.74, 6) is 0. The SMILES string of the molecule is CC(NCC1(O)CCCC1)c1cccc([N+](=O)[O-])c1. The smallest absolute Gasteiger partial charge is 0.269 e. The van der Waals surface area contributed by atoms with Crippen LogP contribution in [0, 0.1) is 10.1 Å². The molecule has 1 aliphatic rings. The van der Waals surface area contributed by atoms with Crippen molar-refractivity contribution in [2.45, 2.75) is 44.2 Å². The highest BCUT2D eigenvalue weighted by Gasteiger charge is 2.31. The summed E-state index contributed by atoms with van der Waals surface area (Å²) in [5, 5.41) is 24.3. The third-order valence-corrected chi connectivity index (χ3v) is 3.85. The number of hydrogen-bond acceptors (Lipinski definition) is 4. The lowest BCUT2D eigenvalue weighted by molar-refractivity contribution is -0.384. The van der Waals surface area contributed by atoms with Gasteiger partial charge in [-0.05, 0) is 25.3 Å². The topological polar surface area (TPSA) is 75.4 Å². The molecular weight excluding hydrogens is 244 g/mol. The highest BCUT2D eigenvalue weighted by molar-refractivity contribution is 5.35. The number of nitrogens with zero attached hydrogens (tertiary/aromatic N) is 1. The van der Waals surface area contributed by atoms with Gasteiger partial charge in [-0.15, -0.1) is 0 Å². The Kier molecular flexibility index (Phi) is 4.17. The average Bonchev–Trinajstić information content (AvgIpc) is 2.83. The van der Waals surface area contributed by atoms with Crippen molar-refractivity contribution >= 4 is 5.69 Å². The number of aliphatic hydroxyl groups is 1. The minimum atomic E-state index is -0.602. The molecule has 0 radical (unpaired) electrons. The summed E-state index contributed by atoms with van der Waals surface area (Å²) in [6.45, 7) is 2.49. The van der Waals surface area contributed by atoms with E-state index >= 15 is 0 Å². The van der Waals surface area contributed by atoms with Crippen molar-refractivity contribution in [1.82, 2.24) is 5.32 Å². The third-order valence-electron chi connectivity index (χ3n) is 3.85. The van der Waals surface area contributed by atoms with Gasteiger partial charge in [-0.3, -0.25) is 10.1 Å². The van der Waals surface area contributed by atoms with Crippen LogP contribution in [-0.2, 0) is 0 Å². The molecule has 5 heteroatoms. The van der Waals surface area contributed by atoms with Gasteiger partial charge in [0, 0.05) is 24.7 Å². The second kappa shape index (κ2) is 5.67. The quantitative estimate of drug-likeness (QED) is 0.633. The van der Waals surface area contributed by atoms with Crippen LogP contribution in [0.2, 0.25) is 0 Å². The standard InChI is InChI=1S/C14H20N2O3/c1-11(15-10-14(17)7-2-3-8-14)12-5-4-6-13(9-12)16(18)19/h4-6,9,11,15,17H,2-3,7-8,10H2,1H3. The molecule has 1 fully saturated rings. The number of benzene rings is 1. The van der Waals surface area contributed by atoms with Crippen LogP contribution in [0.1, 0.15) is 44.2 Å². The maximum atomic E-state index is 10.7. The van der Waals surface area contributed by atoms with E-state index in [1.54, 1.807) is 12.1 Å². The summed E-state index contributed by atoms with van der Waals surface area (Å²) in [7, 11) is 0. The Labute approximate surface area is 112 Å². The molecule has 0 aromatic heterocycles. The summed E-state index contributed by atoms with van der Waals surface area (Å²) < 4.78 is 0.